The fourth-order valence-electron chi connectivity index (χ4n) is 2.96. The van der Waals surface area contributed by atoms with Crippen LogP contribution in [-0.4, -0.2) is 37.0 Å². The van der Waals surface area contributed by atoms with Crippen molar-refractivity contribution in [2.45, 2.75) is 24.1 Å². The Kier molecular flexibility index (Phi) is 4.13. The lowest BCUT2D eigenvalue weighted by Crippen LogP contribution is -2.39. The highest BCUT2D eigenvalue weighted by molar-refractivity contribution is 9.09. The zero-order valence-electron chi connectivity index (χ0n) is 12.0. The maximum atomic E-state index is 12.2. The molecule has 2 unspecified atom stereocenters. The molecule has 2 aliphatic rings. The van der Waals surface area contributed by atoms with Gasteiger partial charge in [0.05, 0.1) is 13.0 Å². The van der Waals surface area contributed by atoms with E-state index in [4.69, 9.17) is 4.74 Å². The van der Waals surface area contributed by atoms with E-state index in [1.54, 1.807) is 7.05 Å². The van der Waals surface area contributed by atoms with Gasteiger partial charge in [0.1, 0.15) is 0 Å². The summed E-state index contributed by atoms with van der Waals surface area (Å²) in [6.45, 7) is 1.59. The standard InChI is InChI=1S/C16H18BrNO3/c1-18-14(19)8-10-4-5-11(7-13(10)16(18)20)15(17)12-3-2-6-21-9-12/h4-5,7,12,15H,2-3,6,8-9H2,1H3. The Labute approximate surface area is 132 Å². The number of hydrogen-bond acceptors (Lipinski definition) is 3. The van der Waals surface area contributed by atoms with Crippen molar-refractivity contribution >= 4 is 27.7 Å². The van der Waals surface area contributed by atoms with Gasteiger partial charge in [-0.3, -0.25) is 14.5 Å². The summed E-state index contributed by atoms with van der Waals surface area (Å²) in [5.74, 6) is 0.0777. The van der Waals surface area contributed by atoms with Crippen LogP contribution in [0.5, 0.6) is 0 Å². The topological polar surface area (TPSA) is 46.6 Å². The van der Waals surface area contributed by atoms with Crippen molar-refractivity contribution in [3.05, 3.63) is 34.9 Å². The van der Waals surface area contributed by atoms with Crippen LogP contribution in [0.3, 0.4) is 0 Å². The van der Waals surface area contributed by atoms with E-state index in [1.165, 1.54) is 4.90 Å². The summed E-state index contributed by atoms with van der Waals surface area (Å²) in [5.41, 5.74) is 2.56. The summed E-state index contributed by atoms with van der Waals surface area (Å²) >= 11 is 3.75. The minimum atomic E-state index is -0.206. The fraction of sp³-hybridized carbons (Fsp3) is 0.500. The fourth-order valence-corrected chi connectivity index (χ4v) is 3.66. The SMILES string of the molecule is CN1C(=O)Cc2ccc(C(Br)C3CCCOC3)cc2C1=O. The van der Waals surface area contributed by atoms with Gasteiger partial charge in [-0.05, 0) is 36.0 Å². The minimum absolute atomic E-state index is 0.142. The third-order valence-corrected chi connectivity index (χ3v) is 5.59. The highest BCUT2D eigenvalue weighted by Gasteiger charge is 2.30. The highest BCUT2D eigenvalue weighted by Crippen LogP contribution is 2.37. The summed E-state index contributed by atoms with van der Waals surface area (Å²) in [5, 5.41) is 0. The minimum Gasteiger partial charge on any atom is -0.381 e. The van der Waals surface area contributed by atoms with Crippen LogP contribution in [0, 0.1) is 5.92 Å². The number of alkyl halides is 1. The van der Waals surface area contributed by atoms with Gasteiger partial charge in [0.2, 0.25) is 5.91 Å². The number of benzene rings is 1. The van der Waals surface area contributed by atoms with E-state index >= 15 is 0 Å². The average Bonchev–Trinajstić information content (AvgIpc) is 2.53. The van der Waals surface area contributed by atoms with Crippen LogP contribution < -0.4 is 0 Å². The van der Waals surface area contributed by atoms with Crippen molar-refractivity contribution in [2.24, 2.45) is 5.92 Å². The van der Waals surface area contributed by atoms with E-state index in [0.717, 1.165) is 37.2 Å². The van der Waals surface area contributed by atoms with Crippen molar-refractivity contribution in [3.63, 3.8) is 0 Å². The van der Waals surface area contributed by atoms with Crippen LogP contribution in [0.2, 0.25) is 0 Å². The van der Waals surface area contributed by atoms with E-state index in [9.17, 15) is 9.59 Å². The summed E-state index contributed by atoms with van der Waals surface area (Å²) in [6.07, 6.45) is 2.50. The normalized spacial score (nSPS) is 23.9. The van der Waals surface area contributed by atoms with E-state index in [-0.39, 0.29) is 16.6 Å². The summed E-state index contributed by atoms with van der Waals surface area (Å²) in [7, 11) is 1.54. The number of likely N-dealkylation sites (N-methyl/N-ethyl adjacent to an activating group) is 1. The van der Waals surface area contributed by atoms with Gasteiger partial charge in [-0.2, -0.15) is 0 Å². The van der Waals surface area contributed by atoms with E-state index in [2.05, 4.69) is 15.9 Å². The average molecular weight is 352 g/mol. The molecule has 5 heteroatoms. The third-order valence-electron chi connectivity index (χ3n) is 4.31. The van der Waals surface area contributed by atoms with Crippen molar-refractivity contribution in [1.29, 1.82) is 0 Å². The molecule has 21 heavy (non-hydrogen) atoms. The zero-order valence-corrected chi connectivity index (χ0v) is 13.6. The second-order valence-electron chi connectivity index (χ2n) is 5.73. The third kappa shape index (κ3) is 2.77. The molecule has 3 rings (SSSR count). The molecule has 1 aromatic carbocycles. The number of amides is 2. The van der Waals surface area contributed by atoms with Gasteiger partial charge in [-0.1, -0.05) is 28.1 Å². The Morgan fingerprint density at radius 1 is 1.38 bits per heavy atom. The van der Waals surface area contributed by atoms with E-state index < -0.39 is 0 Å². The van der Waals surface area contributed by atoms with Crippen LogP contribution >= 0.6 is 15.9 Å². The maximum absolute atomic E-state index is 12.2. The van der Waals surface area contributed by atoms with Crippen molar-refractivity contribution in [3.8, 4) is 0 Å². The second kappa shape index (κ2) is 5.89. The number of halogens is 1. The molecule has 4 nitrogen and oxygen atoms in total. The van der Waals surface area contributed by atoms with Gasteiger partial charge in [0, 0.05) is 24.0 Å². The molecule has 0 aliphatic carbocycles. The molecule has 2 atom stereocenters. The Bertz CT molecular complexity index is 581. The molecule has 2 heterocycles. The van der Waals surface area contributed by atoms with Crippen LogP contribution in [0.1, 0.15) is 39.2 Å². The van der Waals surface area contributed by atoms with Gasteiger partial charge in [-0.15, -0.1) is 0 Å². The monoisotopic (exact) mass is 351 g/mol. The first-order valence-corrected chi connectivity index (χ1v) is 8.15. The second-order valence-corrected chi connectivity index (χ2v) is 6.72. The molecular formula is C16H18BrNO3. The van der Waals surface area contributed by atoms with E-state index in [1.807, 2.05) is 18.2 Å². The van der Waals surface area contributed by atoms with Crippen molar-refractivity contribution in [2.75, 3.05) is 20.3 Å². The first-order chi connectivity index (χ1) is 10.1. The molecule has 0 bridgehead atoms. The van der Waals surface area contributed by atoms with Crippen molar-refractivity contribution in [1.82, 2.24) is 4.90 Å². The molecule has 1 fully saturated rings. The number of carbonyl (C=O) groups excluding carboxylic acids is 2. The molecule has 2 amide bonds. The van der Waals surface area contributed by atoms with E-state index in [0.29, 0.717) is 17.9 Å². The van der Waals surface area contributed by atoms with Gasteiger partial charge in [-0.25, -0.2) is 0 Å². The molecule has 1 aromatic rings. The number of ether oxygens (including phenoxy) is 1. The lowest BCUT2D eigenvalue weighted by atomic mass is 9.90. The van der Waals surface area contributed by atoms with Gasteiger partial charge < -0.3 is 4.74 Å². The number of rotatable bonds is 2. The molecule has 0 N–H and O–H groups in total. The molecule has 2 aliphatic heterocycles. The highest BCUT2D eigenvalue weighted by atomic mass is 79.9. The molecule has 112 valence electrons. The largest absolute Gasteiger partial charge is 0.381 e. The number of fused-ring (bicyclic) bond motifs is 1. The Balaban J connectivity index is 1.88. The molecule has 0 aromatic heterocycles. The number of nitrogens with zero attached hydrogens (tertiary/aromatic N) is 1. The first kappa shape index (κ1) is 14.7. The number of imide groups is 1. The smallest absolute Gasteiger partial charge is 0.260 e. The molecule has 1 saturated heterocycles. The zero-order chi connectivity index (χ0) is 15.0. The van der Waals surface area contributed by atoms with Gasteiger partial charge in [0.15, 0.2) is 0 Å². The van der Waals surface area contributed by atoms with Gasteiger partial charge in [0.25, 0.3) is 5.91 Å². The summed E-state index contributed by atoms with van der Waals surface area (Å²) in [6, 6.07) is 5.85. The molecule has 0 radical (unpaired) electrons. The van der Waals surface area contributed by atoms with Gasteiger partial charge >= 0.3 is 0 Å². The Morgan fingerprint density at radius 2 is 2.19 bits per heavy atom. The molecule has 0 spiro atoms. The van der Waals surface area contributed by atoms with Crippen LogP contribution in [0.25, 0.3) is 0 Å². The first-order valence-electron chi connectivity index (χ1n) is 7.23. The predicted molar refractivity (Wildman–Crippen MR) is 82.5 cm³/mol. The summed E-state index contributed by atoms with van der Waals surface area (Å²) in [4.78, 5) is 25.3. The van der Waals surface area contributed by atoms with Crippen LogP contribution in [0.4, 0.5) is 0 Å². The number of hydrogen-bond donors (Lipinski definition) is 0. The number of carbonyl (C=O) groups is 2. The maximum Gasteiger partial charge on any atom is 0.260 e. The lowest BCUT2D eigenvalue weighted by molar-refractivity contribution is -0.127. The predicted octanol–water partition coefficient (Wildman–Crippen LogP) is 2.70. The van der Waals surface area contributed by atoms with Crippen LogP contribution in [0.15, 0.2) is 18.2 Å². The van der Waals surface area contributed by atoms with Crippen LogP contribution in [-0.2, 0) is 16.0 Å². The van der Waals surface area contributed by atoms with Crippen molar-refractivity contribution < 1.29 is 14.3 Å². The Morgan fingerprint density at radius 3 is 2.90 bits per heavy atom. The lowest BCUT2D eigenvalue weighted by Gasteiger charge is -2.28. The molecular weight excluding hydrogens is 334 g/mol. The summed E-state index contributed by atoms with van der Waals surface area (Å²) < 4.78 is 5.54. The molecule has 0 saturated carbocycles. The Hall–Kier alpha value is -1.20. The quantitative estimate of drug-likeness (QED) is 0.607.